The van der Waals surface area contributed by atoms with E-state index in [4.69, 9.17) is 18.8 Å². The predicted molar refractivity (Wildman–Crippen MR) is 254 cm³/mol. The Labute approximate surface area is 353 Å². The maximum atomic E-state index is 6.61. The van der Waals surface area contributed by atoms with Gasteiger partial charge in [-0.05, 0) is 90.0 Å². The number of aromatic nitrogens is 4. The van der Waals surface area contributed by atoms with Gasteiger partial charge in [0.05, 0.1) is 33.3 Å². The van der Waals surface area contributed by atoms with E-state index >= 15 is 0 Å². The highest BCUT2D eigenvalue weighted by atomic mass is 16.3. The van der Waals surface area contributed by atoms with Crippen LogP contribution in [0.25, 0.3) is 132 Å². The van der Waals surface area contributed by atoms with Crippen LogP contribution < -0.4 is 0 Å². The summed E-state index contributed by atoms with van der Waals surface area (Å²) in [4.78, 5) is 10.9. The molecule has 0 amide bonds. The molecule has 0 spiro atoms. The van der Waals surface area contributed by atoms with Gasteiger partial charge in [-0.25, -0.2) is 9.97 Å². The first-order chi connectivity index (χ1) is 30.7. The largest absolute Gasteiger partial charge is 0.456 e. The molecule has 6 heteroatoms. The van der Waals surface area contributed by atoms with E-state index in [9.17, 15) is 0 Å². The van der Waals surface area contributed by atoms with Crippen molar-refractivity contribution in [3.8, 4) is 34.0 Å². The van der Waals surface area contributed by atoms with Crippen molar-refractivity contribution in [2.24, 2.45) is 0 Å². The van der Waals surface area contributed by atoms with Crippen LogP contribution in [0.5, 0.6) is 0 Å². The first-order valence-corrected chi connectivity index (χ1v) is 20.9. The summed E-state index contributed by atoms with van der Waals surface area (Å²) in [6.45, 7) is 0. The van der Waals surface area contributed by atoms with Crippen LogP contribution in [0.2, 0.25) is 0 Å². The second-order valence-electron chi connectivity index (χ2n) is 16.1. The number of hydrogen-bond acceptors (Lipinski definition) is 4. The van der Waals surface area contributed by atoms with Crippen molar-refractivity contribution in [2.45, 2.75) is 0 Å². The van der Waals surface area contributed by atoms with E-state index in [1.807, 2.05) is 30.3 Å². The van der Waals surface area contributed by atoms with E-state index in [0.717, 1.165) is 116 Å². The fraction of sp³-hybridized carbons (Fsp3) is 0. The minimum absolute atomic E-state index is 0.590. The van der Waals surface area contributed by atoms with E-state index < -0.39 is 0 Å². The molecule has 14 aromatic rings. The Bertz CT molecular complexity index is 4170. The monoisotopic (exact) mass is 792 g/mol. The van der Waals surface area contributed by atoms with Gasteiger partial charge >= 0.3 is 0 Å². The third kappa shape index (κ3) is 4.69. The van der Waals surface area contributed by atoms with Crippen molar-refractivity contribution >= 4 is 98.4 Å². The highest BCUT2D eigenvalue weighted by Crippen LogP contribution is 2.43. The van der Waals surface area contributed by atoms with Crippen molar-refractivity contribution in [1.29, 1.82) is 0 Å². The van der Waals surface area contributed by atoms with Gasteiger partial charge < -0.3 is 13.4 Å². The van der Waals surface area contributed by atoms with Crippen molar-refractivity contribution in [1.82, 2.24) is 19.1 Å². The molecule has 5 heterocycles. The number of hydrogen-bond donors (Lipinski definition) is 0. The Balaban J connectivity index is 1.09. The van der Waals surface area contributed by atoms with Gasteiger partial charge in [0.2, 0.25) is 5.95 Å². The SMILES string of the molecule is c1ccc(-n2c3ccccc3c3cc4c5cc(-c6ccc7oc8ccccc8c7c6)ccc5n(-c5nc(-c6cccc7c6oc6ccccc67)c6ccccc6n5)c4cc32)cc1. The molecule has 5 aromatic heterocycles. The Morgan fingerprint density at radius 1 is 0.339 bits per heavy atom. The van der Waals surface area contributed by atoms with E-state index in [1.54, 1.807) is 0 Å². The van der Waals surface area contributed by atoms with Crippen LogP contribution in [-0.2, 0) is 0 Å². The van der Waals surface area contributed by atoms with Crippen molar-refractivity contribution in [3.05, 3.63) is 194 Å². The number of benzene rings is 9. The van der Waals surface area contributed by atoms with Gasteiger partial charge in [0.15, 0.2) is 0 Å². The fourth-order valence-corrected chi connectivity index (χ4v) is 9.94. The maximum absolute atomic E-state index is 6.61. The summed E-state index contributed by atoms with van der Waals surface area (Å²) >= 11 is 0. The number of fused-ring (bicyclic) bond motifs is 13. The van der Waals surface area contributed by atoms with Crippen LogP contribution in [0.15, 0.2) is 203 Å². The average Bonchev–Trinajstić information content (AvgIpc) is 4.08. The Kier molecular flexibility index (Phi) is 6.74. The smallest absolute Gasteiger partial charge is 0.235 e. The van der Waals surface area contributed by atoms with Crippen LogP contribution in [0.3, 0.4) is 0 Å². The summed E-state index contributed by atoms with van der Waals surface area (Å²) in [6.07, 6.45) is 0. The van der Waals surface area contributed by atoms with E-state index in [0.29, 0.717) is 5.95 Å². The Morgan fingerprint density at radius 2 is 0.935 bits per heavy atom. The van der Waals surface area contributed by atoms with Gasteiger partial charge in [-0.1, -0.05) is 115 Å². The lowest BCUT2D eigenvalue weighted by molar-refractivity contribution is 0.669. The third-order valence-corrected chi connectivity index (χ3v) is 12.7. The highest BCUT2D eigenvalue weighted by Gasteiger charge is 2.23. The molecule has 0 saturated carbocycles. The molecule has 0 atom stereocenters. The number of para-hydroxylation sites is 6. The third-order valence-electron chi connectivity index (χ3n) is 12.7. The average molecular weight is 793 g/mol. The number of rotatable bonds is 4. The van der Waals surface area contributed by atoms with Crippen molar-refractivity contribution < 1.29 is 8.83 Å². The molecule has 0 radical (unpaired) electrons. The zero-order chi connectivity index (χ0) is 40.5. The summed E-state index contributed by atoms with van der Waals surface area (Å²) < 4.78 is 17.5. The normalized spacial score (nSPS) is 12.2. The van der Waals surface area contributed by atoms with E-state index in [2.05, 4.69) is 173 Å². The first kappa shape index (κ1) is 33.4. The summed E-state index contributed by atoms with van der Waals surface area (Å²) in [5.74, 6) is 0.590. The zero-order valence-corrected chi connectivity index (χ0v) is 33.1. The fourth-order valence-electron chi connectivity index (χ4n) is 9.94. The molecule has 0 fully saturated rings. The van der Waals surface area contributed by atoms with Crippen molar-refractivity contribution in [2.75, 3.05) is 0 Å². The molecule has 0 bridgehead atoms. The number of furan rings is 2. The van der Waals surface area contributed by atoms with Crippen LogP contribution in [0.4, 0.5) is 0 Å². The lowest BCUT2D eigenvalue weighted by Crippen LogP contribution is -2.03. The standard InChI is InChI=1S/C56H32N4O2/c1-2-13-35(14-3-1)59-47-22-9-5-15-36(47)43-31-44-42-29-33(34-26-28-53-45(30-34)38-17-7-10-23-51(38)61-53)25-27-48(42)60(50(44)32-49(43)59)56-57-46-21-8-4-18-40(46)54(58-56)41-20-12-19-39-37-16-6-11-24-52(37)62-55(39)41/h1-32H. The second-order valence-corrected chi connectivity index (χ2v) is 16.1. The molecule has 14 rings (SSSR count). The van der Waals surface area contributed by atoms with Crippen LogP contribution in [0.1, 0.15) is 0 Å². The van der Waals surface area contributed by atoms with Gasteiger partial charge in [-0.3, -0.25) is 4.57 Å². The lowest BCUT2D eigenvalue weighted by Gasteiger charge is -2.12. The molecule has 0 saturated heterocycles. The molecule has 0 aliphatic heterocycles. The molecule has 9 aromatic carbocycles. The first-order valence-electron chi connectivity index (χ1n) is 20.9. The van der Waals surface area contributed by atoms with E-state index in [1.165, 1.54) is 10.8 Å². The molecule has 6 nitrogen and oxygen atoms in total. The lowest BCUT2D eigenvalue weighted by atomic mass is 10.00. The molecule has 0 aliphatic rings. The van der Waals surface area contributed by atoms with Gasteiger partial charge in [0.1, 0.15) is 22.3 Å². The molecular formula is C56H32N4O2. The summed E-state index contributed by atoms with van der Waals surface area (Å²) in [7, 11) is 0. The molecule has 62 heavy (non-hydrogen) atoms. The second kappa shape index (κ2) is 12.5. The molecule has 0 unspecified atom stereocenters. The van der Waals surface area contributed by atoms with Crippen LogP contribution in [-0.4, -0.2) is 19.1 Å². The molecule has 0 aliphatic carbocycles. The van der Waals surface area contributed by atoms with Crippen molar-refractivity contribution in [3.63, 3.8) is 0 Å². The van der Waals surface area contributed by atoms with Gasteiger partial charge in [-0.2, -0.15) is 0 Å². The summed E-state index contributed by atoms with van der Waals surface area (Å²) in [5, 5.41) is 9.94. The number of nitrogens with zero attached hydrogens (tertiary/aromatic N) is 4. The Morgan fingerprint density at radius 3 is 1.79 bits per heavy atom. The molecule has 0 N–H and O–H groups in total. The Hall–Kier alpha value is -8.48. The topological polar surface area (TPSA) is 61.9 Å². The zero-order valence-electron chi connectivity index (χ0n) is 33.1. The minimum atomic E-state index is 0.590. The predicted octanol–water partition coefficient (Wildman–Crippen LogP) is 15.0. The molecule has 288 valence electrons. The maximum Gasteiger partial charge on any atom is 0.235 e. The summed E-state index contributed by atoms with van der Waals surface area (Å²) in [6, 6.07) is 68.4. The minimum Gasteiger partial charge on any atom is -0.456 e. The van der Waals surface area contributed by atoms with E-state index in [-0.39, 0.29) is 0 Å². The molecular weight excluding hydrogens is 761 g/mol. The van der Waals surface area contributed by atoms with Gasteiger partial charge in [0, 0.05) is 59.7 Å². The van der Waals surface area contributed by atoms with Gasteiger partial charge in [-0.15, -0.1) is 0 Å². The van der Waals surface area contributed by atoms with Gasteiger partial charge in [0.25, 0.3) is 0 Å². The highest BCUT2D eigenvalue weighted by molar-refractivity contribution is 6.20. The van der Waals surface area contributed by atoms with Crippen LogP contribution in [0, 0.1) is 0 Å². The quantitative estimate of drug-likeness (QED) is 0.178. The van der Waals surface area contributed by atoms with Crippen LogP contribution >= 0.6 is 0 Å². The summed E-state index contributed by atoms with van der Waals surface area (Å²) in [5.41, 5.74) is 13.7.